The smallest absolute Gasteiger partial charge is 0.266 e. The fourth-order valence-corrected chi connectivity index (χ4v) is 4.66. The zero-order valence-corrected chi connectivity index (χ0v) is 17.3. The van der Waals surface area contributed by atoms with Crippen LogP contribution < -0.4 is 5.56 Å². The van der Waals surface area contributed by atoms with Crippen LogP contribution in [0, 0.1) is 5.82 Å². The normalized spacial score (nSPS) is 11.5. The summed E-state index contributed by atoms with van der Waals surface area (Å²) in [5, 5.41) is 1.44. The molecule has 4 rings (SSSR count). The lowest BCUT2D eigenvalue weighted by Crippen LogP contribution is -2.37. The van der Waals surface area contributed by atoms with Crippen LogP contribution in [-0.4, -0.2) is 26.8 Å². The molecule has 2 aromatic carbocycles. The van der Waals surface area contributed by atoms with E-state index < -0.39 is 0 Å². The number of aromatic amines is 1. The molecule has 0 saturated carbocycles. The van der Waals surface area contributed by atoms with Gasteiger partial charge >= 0.3 is 0 Å². The Labute approximate surface area is 174 Å². The van der Waals surface area contributed by atoms with E-state index in [1.54, 1.807) is 35.2 Å². The van der Waals surface area contributed by atoms with Gasteiger partial charge in [-0.25, -0.2) is 9.37 Å². The number of para-hydroxylation sites is 1. The first-order valence-electron chi connectivity index (χ1n) is 9.01. The number of halogens is 2. The summed E-state index contributed by atoms with van der Waals surface area (Å²) in [6.07, 6.45) is 0. The lowest BCUT2D eigenvalue weighted by molar-refractivity contribution is 0.0690. The minimum atomic E-state index is -0.381. The molecule has 1 amide bonds. The molecule has 0 aliphatic rings. The van der Waals surface area contributed by atoms with Crippen LogP contribution in [-0.2, 0) is 6.54 Å². The minimum absolute atomic E-state index is 0.121. The molecule has 1 N–H and O–H groups in total. The molecule has 29 heavy (non-hydrogen) atoms. The number of nitrogens with one attached hydrogen (secondary N) is 1. The molecule has 2 heterocycles. The van der Waals surface area contributed by atoms with E-state index in [4.69, 9.17) is 11.6 Å². The van der Waals surface area contributed by atoms with Crippen molar-refractivity contribution < 1.29 is 9.18 Å². The van der Waals surface area contributed by atoms with Gasteiger partial charge in [0.25, 0.3) is 11.5 Å². The number of nitrogens with zero attached hydrogens (tertiary/aromatic N) is 2. The molecule has 0 aliphatic carbocycles. The third-order valence-electron chi connectivity index (χ3n) is 4.65. The number of thiophene rings is 1. The molecular weight excluding hydrogens is 413 g/mol. The summed E-state index contributed by atoms with van der Waals surface area (Å²) in [6, 6.07) is 11.1. The molecular formula is C21H17ClFN3O2S. The average Bonchev–Trinajstić information content (AvgIpc) is 3.01. The molecule has 0 saturated heterocycles. The van der Waals surface area contributed by atoms with E-state index in [0.29, 0.717) is 36.7 Å². The van der Waals surface area contributed by atoms with Crippen molar-refractivity contribution in [1.82, 2.24) is 14.9 Å². The van der Waals surface area contributed by atoms with Gasteiger partial charge in [0.1, 0.15) is 16.5 Å². The summed E-state index contributed by atoms with van der Waals surface area (Å²) in [5.74, 6) is -0.283. The Morgan fingerprint density at radius 1 is 1.24 bits per heavy atom. The van der Waals surface area contributed by atoms with Gasteiger partial charge in [0.05, 0.1) is 22.5 Å². The summed E-state index contributed by atoms with van der Waals surface area (Å²) >= 11 is 7.58. The SMILES string of the molecule is CC(C)N(Cc1nc2ccccc2c(=O)[nH]1)C(=O)c1sc2cc(F)ccc2c1Cl. The molecule has 4 aromatic rings. The predicted octanol–water partition coefficient (Wildman–Crippen LogP) is 4.98. The van der Waals surface area contributed by atoms with Crippen molar-refractivity contribution in [2.45, 2.75) is 26.4 Å². The van der Waals surface area contributed by atoms with E-state index >= 15 is 0 Å². The number of carbonyl (C=O) groups is 1. The predicted molar refractivity (Wildman–Crippen MR) is 114 cm³/mol. The van der Waals surface area contributed by atoms with Crippen LogP contribution in [0.1, 0.15) is 29.3 Å². The van der Waals surface area contributed by atoms with Crippen LogP contribution in [0.25, 0.3) is 21.0 Å². The summed E-state index contributed by atoms with van der Waals surface area (Å²) in [6.45, 7) is 3.87. The first kappa shape index (κ1) is 19.5. The van der Waals surface area contributed by atoms with E-state index in [0.717, 1.165) is 11.3 Å². The van der Waals surface area contributed by atoms with Crippen LogP contribution in [0.5, 0.6) is 0 Å². The summed E-state index contributed by atoms with van der Waals surface area (Å²) < 4.78 is 14.2. The number of H-pyrrole nitrogens is 1. The van der Waals surface area contributed by atoms with Crippen molar-refractivity contribution >= 4 is 49.8 Å². The van der Waals surface area contributed by atoms with E-state index in [9.17, 15) is 14.0 Å². The minimum Gasteiger partial charge on any atom is -0.328 e. The van der Waals surface area contributed by atoms with Gasteiger partial charge in [0.2, 0.25) is 0 Å². The molecule has 148 valence electrons. The van der Waals surface area contributed by atoms with Crippen LogP contribution in [0.4, 0.5) is 4.39 Å². The van der Waals surface area contributed by atoms with E-state index in [-0.39, 0.29) is 29.9 Å². The second-order valence-corrected chi connectivity index (χ2v) is 8.37. The Hall–Kier alpha value is -2.77. The fraction of sp³-hybridized carbons (Fsp3) is 0.190. The van der Waals surface area contributed by atoms with Gasteiger partial charge < -0.3 is 9.88 Å². The van der Waals surface area contributed by atoms with E-state index in [1.807, 2.05) is 13.8 Å². The maximum Gasteiger partial charge on any atom is 0.266 e. The number of hydrogen-bond donors (Lipinski definition) is 1. The zero-order chi connectivity index (χ0) is 20.7. The first-order chi connectivity index (χ1) is 13.8. The highest BCUT2D eigenvalue weighted by atomic mass is 35.5. The molecule has 8 heteroatoms. The molecule has 0 unspecified atom stereocenters. The summed E-state index contributed by atoms with van der Waals surface area (Å²) in [7, 11) is 0. The number of fused-ring (bicyclic) bond motifs is 2. The van der Waals surface area contributed by atoms with E-state index in [2.05, 4.69) is 9.97 Å². The molecule has 0 spiro atoms. The average molecular weight is 430 g/mol. The molecule has 0 radical (unpaired) electrons. The highest BCUT2D eigenvalue weighted by molar-refractivity contribution is 7.21. The van der Waals surface area contributed by atoms with Crippen molar-refractivity contribution in [2.75, 3.05) is 0 Å². The third kappa shape index (κ3) is 3.63. The molecule has 0 fully saturated rings. The van der Waals surface area contributed by atoms with Crippen molar-refractivity contribution in [3.8, 4) is 0 Å². The highest BCUT2D eigenvalue weighted by Gasteiger charge is 2.25. The zero-order valence-electron chi connectivity index (χ0n) is 15.7. The van der Waals surface area contributed by atoms with Crippen LogP contribution in [0.15, 0.2) is 47.3 Å². The Kier molecular flexibility index (Phi) is 5.10. The fourth-order valence-electron chi connectivity index (χ4n) is 3.17. The summed E-state index contributed by atoms with van der Waals surface area (Å²) in [5.41, 5.74) is 0.315. The topological polar surface area (TPSA) is 66.1 Å². The molecule has 0 aliphatic heterocycles. The maximum atomic E-state index is 13.5. The second-order valence-electron chi connectivity index (χ2n) is 6.94. The molecule has 0 bridgehead atoms. The largest absolute Gasteiger partial charge is 0.328 e. The number of benzene rings is 2. The number of aromatic nitrogens is 2. The Morgan fingerprint density at radius 3 is 2.76 bits per heavy atom. The molecule has 2 aromatic heterocycles. The quantitative estimate of drug-likeness (QED) is 0.497. The lowest BCUT2D eigenvalue weighted by atomic mass is 10.2. The lowest BCUT2D eigenvalue weighted by Gasteiger charge is -2.26. The van der Waals surface area contributed by atoms with Crippen molar-refractivity contribution in [1.29, 1.82) is 0 Å². The van der Waals surface area contributed by atoms with Gasteiger partial charge in [-0.2, -0.15) is 0 Å². The Morgan fingerprint density at radius 2 is 2.00 bits per heavy atom. The monoisotopic (exact) mass is 429 g/mol. The van der Waals surface area contributed by atoms with Gasteiger partial charge in [0, 0.05) is 16.1 Å². The van der Waals surface area contributed by atoms with Crippen LogP contribution in [0.2, 0.25) is 5.02 Å². The van der Waals surface area contributed by atoms with Crippen molar-refractivity contribution in [2.24, 2.45) is 0 Å². The Bertz CT molecular complexity index is 1300. The number of rotatable bonds is 4. The maximum absolute atomic E-state index is 13.5. The number of amides is 1. The number of carbonyl (C=O) groups excluding carboxylic acids is 1. The van der Waals surface area contributed by atoms with Gasteiger partial charge in [-0.3, -0.25) is 9.59 Å². The molecule has 5 nitrogen and oxygen atoms in total. The third-order valence-corrected chi connectivity index (χ3v) is 6.30. The van der Waals surface area contributed by atoms with Gasteiger partial charge in [-0.05, 0) is 44.2 Å². The van der Waals surface area contributed by atoms with Gasteiger partial charge in [0.15, 0.2) is 0 Å². The van der Waals surface area contributed by atoms with Crippen molar-refractivity contribution in [3.05, 3.63) is 74.4 Å². The van der Waals surface area contributed by atoms with Crippen LogP contribution >= 0.6 is 22.9 Å². The van der Waals surface area contributed by atoms with Crippen molar-refractivity contribution in [3.63, 3.8) is 0 Å². The summed E-state index contributed by atoms with van der Waals surface area (Å²) in [4.78, 5) is 34.7. The van der Waals surface area contributed by atoms with Gasteiger partial charge in [-0.1, -0.05) is 23.7 Å². The number of hydrogen-bond acceptors (Lipinski definition) is 4. The second kappa shape index (κ2) is 7.57. The highest BCUT2D eigenvalue weighted by Crippen LogP contribution is 2.36. The van der Waals surface area contributed by atoms with E-state index in [1.165, 1.54) is 12.1 Å². The van der Waals surface area contributed by atoms with Crippen LogP contribution in [0.3, 0.4) is 0 Å². The first-order valence-corrected chi connectivity index (χ1v) is 10.2. The Balaban J connectivity index is 1.72. The molecule has 0 atom stereocenters. The standard InChI is InChI=1S/C21H17ClFN3O2S/c1-11(2)26(10-17-24-15-6-4-3-5-13(15)20(27)25-17)21(28)19-18(22)14-8-7-12(23)9-16(14)29-19/h3-9,11H,10H2,1-2H3,(H,24,25,27). The van der Waals surface area contributed by atoms with Gasteiger partial charge in [-0.15, -0.1) is 11.3 Å².